The van der Waals surface area contributed by atoms with E-state index in [0.717, 1.165) is 0 Å². The lowest BCUT2D eigenvalue weighted by molar-refractivity contribution is -0.120. The molecule has 0 aliphatic carbocycles. The minimum absolute atomic E-state index is 0.159. The van der Waals surface area contributed by atoms with E-state index in [1.165, 1.54) is 0 Å². The number of hydrogen-bond donors (Lipinski definition) is 2. The van der Waals surface area contributed by atoms with Gasteiger partial charge in [0.1, 0.15) is 0 Å². The molecule has 0 spiro atoms. The van der Waals surface area contributed by atoms with Gasteiger partial charge in [-0.3, -0.25) is 4.79 Å². The van der Waals surface area contributed by atoms with Crippen molar-refractivity contribution in [3.8, 4) is 0 Å². The van der Waals surface area contributed by atoms with Crippen LogP contribution >= 0.6 is 23.2 Å². The SMILES string of the molecule is CC(O)CNC(=O)Cc1cc(Cl)ccc1Cl. The smallest absolute Gasteiger partial charge is 0.224 e. The highest BCUT2D eigenvalue weighted by atomic mass is 35.5. The first-order chi connectivity index (χ1) is 7.49. The van der Waals surface area contributed by atoms with Crippen LogP contribution in [0.1, 0.15) is 12.5 Å². The van der Waals surface area contributed by atoms with Crippen LogP contribution in [0.4, 0.5) is 0 Å². The molecule has 2 N–H and O–H groups in total. The van der Waals surface area contributed by atoms with Gasteiger partial charge in [-0.15, -0.1) is 0 Å². The molecule has 1 amide bonds. The van der Waals surface area contributed by atoms with Gasteiger partial charge in [-0.05, 0) is 30.7 Å². The Bertz CT molecular complexity index is 380. The number of carbonyl (C=O) groups excluding carboxylic acids is 1. The number of aliphatic hydroxyl groups is 1. The standard InChI is InChI=1S/C11H13Cl2NO2/c1-7(15)6-14-11(16)5-8-4-9(12)2-3-10(8)13/h2-4,7,15H,5-6H2,1H3,(H,14,16). The van der Waals surface area contributed by atoms with E-state index in [0.29, 0.717) is 15.6 Å². The van der Waals surface area contributed by atoms with E-state index in [2.05, 4.69) is 5.32 Å². The van der Waals surface area contributed by atoms with Crippen molar-refractivity contribution in [2.24, 2.45) is 0 Å². The molecule has 1 aromatic carbocycles. The first-order valence-electron chi connectivity index (χ1n) is 4.87. The molecule has 1 unspecified atom stereocenters. The lowest BCUT2D eigenvalue weighted by atomic mass is 10.1. The fourth-order valence-electron chi connectivity index (χ4n) is 1.18. The zero-order valence-corrected chi connectivity index (χ0v) is 10.3. The average molecular weight is 262 g/mol. The fraction of sp³-hybridized carbons (Fsp3) is 0.364. The van der Waals surface area contributed by atoms with Crippen molar-refractivity contribution in [3.05, 3.63) is 33.8 Å². The molecule has 0 radical (unpaired) electrons. The Morgan fingerprint density at radius 3 is 2.81 bits per heavy atom. The summed E-state index contributed by atoms with van der Waals surface area (Å²) in [5.74, 6) is -0.190. The molecular weight excluding hydrogens is 249 g/mol. The molecule has 1 rings (SSSR count). The van der Waals surface area contributed by atoms with Gasteiger partial charge in [-0.2, -0.15) is 0 Å². The Morgan fingerprint density at radius 1 is 1.50 bits per heavy atom. The van der Waals surface area contributed by atoms with Gasteiger partial charge < -0.3 is 10.4 Å². The number of carbonyl (C=O) groups is 1. The summed E-state index contributed by atoms with van der Waals surface area (Å²) in [4.78, 5) is 11.5. The summed E-state index contributed by atoms with van der Waals surface area (Å²) in [7, 11) is 0. The molecule has 0 bridgehead atoms. The van der Waals surface area contributed by atoms with E-state index in [-0.39, 0.29) is 18.9 Å². The van der Waals surface area contributed by atoms with Gasteiger partial charge in [-0.1, -0.05) is 23.2 Å². The highest BCUT2D eigenvalue weighted by molar-refractivity contribution is 6.33. The molecule has 0 saturated heterocycles. The molecule has 1 aromatic rings. The average Bonchev–Trinajstić information content (AvgIpc) is 2.20. The van der Waals surface area contributed by atoms with Gasteiger partial charge >= 0.3 is 0 Å². The van der Waals surface area contributed by atoms with Crippen LogP contribution in [0.3, 0.4) is 0 Å². The van der Waals surface area contributed by atoms with Crippen LogP contribution in [0, 0.1) is 0 Å². The third kappa shape index (κ3) is 4.39. The molecule has 3 nitrogen and oxygen atoms in total. The summed E-state index contributed by atoms with van der Waals surface area (Å²) in [6, 6.07) is 4.98. The Kier molecular flexibility index (Phi) is 5.06. The zero-order valence-electron chi connectivity index (χ0n) is 8.84. The Morgan fingerprint density at radius 2 is 2.19 bits per heavy atom. The monoisotopic (exact) mass is 261 g/mol. The molecule has 0 aliphatic rings. The van der Waals surface area contributed by atoms with Gasteiger partial charge in [0.25, 0.3) is 0 Å². The first-order valence-corrected chi connectivity index (χ1v) is 5.63. The van der Waals surface area contributed by atoms with Gasteiger partial charge in [0.05, 0.1) is 12.5 Å². The summed E-state index contributed by atoms with van der Waals surface area (Å²) < 4.78 is 0. The summed E-state index contributed by atoms with van der Waals surface area (Å²) in [5.41, 5.74) is 0.678. The maximum absolute atomic E-state index is 11.5. The first kappa shape index (κ1) is 13.3. The van der Waals surface area contributed by atoms with Crippen LogP contribution in [-0.4, -0.2) is 23.7 Å². The fourth-order valence-corrected chi connectivity index (χ4v) is 1.55. The number of amides is 1. The van der Waals surface area contributed by atoms with Crippen LogP contribution in [0.2, 0.25) is 10.0 Å². The number of benzene rings is 1. The number of nitrogens with one attached hydrogen (secondary N) is 1. The maximum Gasteiger partial charge on any atom is 0.224 e. The second-order valence-electron chi connectivity index (χ2n) is 3.57. The van der Waals surface area contributed by atoms with E-state index in [4.69, 9.17) is 28.3 Å². The van der Waals surface area contributed by atoms with Crippen molar-refractivity contribution >= 4 is 29.1 Å². The van der Waals surface area contributed by atoms with E-state index < -0.39 is 6.10 Å². The van der Waals surface area contributed by atoms with Gasteiger partial charge in [0.15, 0.2) is 0 Å². The predicted molar refractivity (Wildman–Crippen MR) is 64.9 cm³/mol. The van der Waals surface area contributed by atoms with Gasteiger partial charge in [0.2, 0.25) is 5.91 Å². The number of halogens is 2. The van der Waals surface area contributed by atoms with Crippen LogP contribution in [0.5, 0.6) is 0 Å². The molecule has 16 heavy (non-hydrogen) atoms. The molecule has 88 valence electrons. The Hall–Kier alpha value is -0.770. The van der Waals surface area contributed by atoms with Crippen molar-refractivity contribution in [2.45, 2.75) is 19.4 Å². The van der Waals surface area contributed by atoms with Crippen molar-refractivity contribution in [1.82, 2.24) is 5.32 Å². The molecule has 1 atom stereocenters. The molecule has 0 heterocycles. The molecule has 0 aliphatic heterocycles. The minimum atomic E-state index is -0.557. The molecule has 0 aromatic heterocycles. The topological polar surface area (TPSA) is 49.3 Å². The highest BCUT2D eigenvalue weighted by Gasteiger charge is 2.08. The van der Waals surface area contributed by atoms with E-state index in [9.17, 15) is 4.79 Å². The number of hydrogen-bond acceptors (Lipinski definition) is 2. The van der Waals surface area contributed by atoms with E-state index in [1.54, 1.807) is 25.1 Å². The summed E-state index contributed by atoms with van der Waals surface area (Å²) in [6.07, 6.45) is -0.398. The number of aliphatic hydroxyl groups excluding tert-OH is 1. The van der Waals surface area contributed by atoms with Crippen molar-refractivity contribution in [1.29, 1.82) is 0 Å². The molecule has 0 saturated carbocycles. The predicted octanol–water partition coefficient (Wildman–Crippen LogP) is 2.03. The third-order valence-corrected chi connectivity index (χ3v) is 2.56. The molecule has 0 fully saturated rings. The van der Waals surface area contributed by atoms with Gasteiger partial charge in [0, 0.05) is 16.6 Å². The molecular formula is C11H13Cl2NO2. The Balaban J connectivity index is 2.59. The second-order valence-corrected chi connectivity index (χ2v) is 4.41. The zero-order chi connectivity index (χ0) is 12.1. The van der Waals surface area contributed by atoms with Crippen molar-refractivity contribution < 1.29 is 9.90 Å². The third-order valence-electron chi connectivity index (χ3n) is 1.95. The Labute approximate surface area is 104 Å². The minimum Gasteiger partial charge on any atom is -0.392 e. The van der Waals surface area contributed by atoms with E-state index in [1.807, 2.05) is 0 Å². The molecule has 5 heteroatoms. The quantitative estimate of drug-likeness (QED) is 0.872. The van der Waals surface area contributed by atoms with Crippen LogP contribution in [0.15, 0.2) is 18.2 Å². The second kappa shape index (κ2) is 6.09. The van der Waals surface area contributed by atoms with Crippen molar-refractivity contribution in [2.75, 3.05) is 6.54 Å². The van der Waals surface area contributed by atoms with Gasteiger partial charge in [-0.25, -0.2) is 0 Å². The number of rotatable bonds is 4. The van der Waals surface area contributed by atoms with E-state index >= 15 is 0 Å². The lowest BCUT2D eigenvalue weighted by Crippen LogP contribution is -2.31. The lowest BCUT2D eigenvalue weighted by Gasteiger charge is -2.08. The highest BCUT2D eigenvalue weighted by Crippen LogP contribution is 2.20. The summed E-state index contributed by atoms with van der Waals surface area (Å²) in [6.45, 7) is 1.84. The van der Waals surface area contributed by atoms with Crippen molar-refractivity contribution in [3.63, 3.8) is 0 Å². The maximum atomic E-state index is 11.5. The van der Waals surface area contributed by atoms with Crippen LogP contribution in [0.25, 0.3) is 0 Å². The summed E-state index contributed by atoms with van der Waals surface area (Å²) in [5, 5.41) is 12.6. The van der Waals surface area contributed by atoms with Crippen LogP contribution < -0.4 is 5.32 Å². The van der Waals surface area contributed by atoms with Crippen LogP contribution in [-0.2, 0) is 11.2 Å². The largest absolute Gasteiger partial charge is 0.392 e. The normalized spacial score (nSPS) is 12.2. The summed E-state index contributed by atoms with van der Waals surface area (Å²) >= 11 is 11.7.